The Morgan fingerprint density at radius 3 is 2.56 bits per heavy atom. The molecule has 0 aliphatic heterocycles. The molecule has 94 valence electrons. The molecule has 0 radical (unpaired) electrons. The quantitative estimate of drug-likeness (QED) is 0.793. The molecule has 1 heterocycles. The number of hydrogen-bond acceptors (Lipinski definition) is 3. The standard InChI is InChI=1S/C15H17NO2/c17-12-14-5-7-15(8-6-14)18-10-2-4-13-3-1-9-16-11-13/h1,3,5-9,11,17H,2,4,10,12H2. The number of pyridine rings is 1. The summed E-state index contributed by atoms with van der Waals surface area (Å²) in [6.07, 6.45) is 5.61. The first-order chi connectivity index (χ1) is 8.88. The summed E-state index contributed by atoms with van der Waals surface area (Å²) in [4.78, 5) is 4.08. The van der Waals surface area contributed by atoms with Gasteiger partial charge in [0.15, 0.2) is 0 Å². The van der Waals surface area contributed by atoms with Gasteiger partial charge in [-0.2, -0.15) is 0 Å². The van der Waals surface area contributed by atoms with Gasteiger partial charge in [-0.3, -0.25) is 4.98 Å². The van der Waals surface area contributed by atoms with Crippen LogP contribution in [-0.2, 0) is 13.0 Å². The Balaban J connectivity index is 1.72. The van der Waals surface area contributed by atoms with E-state index in [1.165, 1.54) is 5.56 Å². The molecular formula is C15H17NO2. The van der Waals surface area contributed by atoms with Crippen LogP contribution in [0.25, 0.3) is 0 Å². The molecule has 1 N–H and O–H groups in total. The number of hydrogen-bond donors (Lipinski definition) is 1. The molecular weight excluding hydrogens is 226 g/mol. The summed E-state index contributed by atoms with van der Waals surface area (Å²) in [5, 5.41) is 8.92. The second-order valence-corrected chi connectivity index (χ2v) is 4.12. The van der Waals surface area contributed by atoms with Crippen molar-refractivity contribution in [2.75, 3.05) is 6.61 Å². The van der Waals surface area contributed by atoms with Gasteiger partial charge in [0.1, 0.15) is 5.75 Å². The maximum absolute atomic E-state index is 8.92. The van der Waals surface area contributed by atoms with Gasteiger partial charge in [-0.1, -0.05) is 18.2 Å². The Labute approximate surface area is 107 Å². The fourth-order valence-corrected chi connectivity index (χ4v) is 1.70. The van der Waals surface area contributed by atoms with E-state index in [0.29, 0.717) is 6.61 Å². The molecule has 0 spiro atoms. The van der Waals surface area contributed by atoms with E-state index in [1.54, 1.807) is 6.20 Å². The molecule has 0 aliphatic rings. The monoisotopic (exact) mass is 243 g/mol. The lowest BCUT2D eigenvalue weighted by atomic mass is 10.2. The Morgan fingerprint density at radius 2 is 1.89 bits per heavy atom. The van der Waals surface area contributed by atoms with Crippen LogP contribution in [0.5, 0.6) is 5.75 Å². The second kappa shape index (κ2) is 6.77. The van der Waals surface area contributed by atoms with E-state index in [2.05, 4.69) is 11.1 Å². The van der Waals surface area contributed by atoms with E-state index >= 15 is 0 Å². The minimum absolute atomic E-state index is 0.0707. The van der Waals surface area contributed by atoms with Crippen molar-refractivity contribution in [2.45, 2.75) is 19.4 Å². The van der Waals surface area contributed by atoms with Crippen LogP contribution in [0.3, 0.4) is 0 Å². The number of benzene rings is 1. The highest BCUT2D eigenvalue weighted by Gasteiger charge is 1.96. The number of aromatic nitrogens is 1. The minimum atomic E-state index is 0.0707. The maximum atomic E-state index is 8.92. The Morgan fingerprint density at radius 1 is 1.06 bits per heavy atom. The molecule has 1 aromatic carbocycles. The van der Waals surface area contributed by atoms with Crippen molar-refractivity contribution in [3.8, 4) is 5.75 Å². The molecule has 1 aromatic heterocycles. The number of nitrogens with zero attached hydrogens (tertiary/aromatic N) is 1. The van der Waals surface area contributed by atoms with Crippen molar-refractivity contribution in [2.24, 2.45) is 0 Å². The molecule has 0 atom stereocenters. The van der Waals surface area contributed by atoms with Crippen molar-refractivity contribution in [3.05, 3.63) is 59.9 Å². The molecule has 0 aliphatic carbocycles. The molecule has 0 unspecified atom stereocenters. The third-order valence-electron chi connectivity index (χ3n) is 2.71. The smallest absolute Gasteiger partial charge is 0.119 e. The zero-order valence-electron chi connectivity index (χ0n) is 10.2. The van der Waals surface area contributed by atoms with Crippen molar-refractivity contribution < 1.29 is 9.84 Å². The van der Waals surface area contributed by atoms with Crippen LogP contribution in [0.1, 0.15) is 17.5 Å². The van der Waals surface area contributed by atoms with Crippen LogP contribution in [0.4, 0.5) is 0 Å². The van der Waals surface area contributed by atoms with Crippen molar-refractivity contribution >= 4 is 0 Å². The number of aliphatic hydroxyl groups excluding tert-OH is 1. The van der Waals surface area contributed by atoms with Crippen LogP contribution >= 0.6 is 0 Å². The normalized spacial score (nSPS) is 10.3. The van der Waals surface area contributed by atoms with Gasteiger partial charge in [0.2, 0.25) is 0 Å². The molecule has 3 nitrogen and oxygen atoms in total. The van der Waals surface area contributed by atoms with Gasteiger partial charge >= 0.3 is 0 Å². The van der Waals surface area contributed by atoms with E-state index in [4.69, 9.17) is 9.84 Å². The highest BCUT2D eigenvalue weighted by Crippen LogP contribution is 2.12. The Hall–Kier alpha value is -1.87. The van der Waals surface area contributed by atoms with Gasteiger partial charge in [0.25, 0.3) is 0 Å². The average Bonchev–Trinajstić information content (AvgIpc) is 2.45. The predicted octanol–water partition coefficient (Wildman–Crippen LogP) is 2.59. The summed E-state index contributed by atoms with van der Waals surface area (Å²) in [6, 6.07) is 11.5. The first-order valence-electron chi connectivity index (χ1n) is 6.10. The number of aryl methyl sites for hydroxylation is 1. The molecule has 3 heteroatoms. The summed E-state index contributed by atoms with van der Waals surface area (Å²) in [5.74, 6) is 0.846. The number of rotatable bonds is 6. The van der Waals surface area contributed by atoms with E-state index < -0.39 is 0 Å². The third-order valence-corrected chi connectivity index (χ3v) is 2.71. The zero-order chi connectivity index (χ0) is 12.6. The van der Waals surface area contributed by atoms with Crippen LogP contribution in [-0.4, -0.2) is 16.7 Å². The first-order valence-corrected chi connectivity index (χ1v) is 6.10. The molecule has 0 saturated carbocycles. The van der Waals surface area contributed by atoms with E-state index in [-0.39, 0.29) is 6.61 Å². The molecule has 0 amide bonds. The lowest BCUT2D eigenvalue weighted by molar-refractivity contribution is 0.281. The summed E-state index contributed by atoms with van der Waals surface area (Å²) < 4.78 is 5.63. The highest BCUT2D eigenvalue weighted by molar-refractivity contribution is 5.26. The van der Waals surface area contributed by atoms with Gasteiger partial charge in [0, 0.05) is 12.4 Å². The molecule has 18 heavy (non-hydrogen) atoms. The lowest BCUT2D eigenvalue weighted by Crippen LogP contribution is -1.99. The van der Waals surface area contributed by atoms with Crippen molar-refractivity contribution in [3.63, 3.8) is 0 Å². The molecule has 0 saturated heterocycles. The third kappa shape index (κ3) is 3.86. The predicted molar refractivity (Wildman–Crippen MR) is 70.4 cm³/mol. The average molecular weight is 243 g/mol. The van der Waals surface area contributed by atoms with E-state index in [9.17, 15) is 0 Å². The van der Waals surface area contributed by atoms with Gasteiger partial charge in [-0.05, 0) is 42.2 Å². The van der Waals surface area contributed by atoms with E-state index in [1.807, 2.05) is 36.5 Å². The van der Waals surface area contributed by atoms with Gasteiger partial charge in [-0.25, -0.2) is 0 Å². The zero-order valence-corrected chi connectivity index (χ0v) is 10.2. The Kier molecular flexibility index (Phi) is 4.73. The fourth-order valence-electron chi connectivity index (χ4n) is 1.70. The van der Waals surface area contributed by atoms with Crippen LogP contribution < -0.4 is 4.74 Å². The molecule has 2 aromatic rings. The molecule has 0 bridgehead atoms. The van der Waals surface area contributed by atoms with Crippen LogP contribution in [0.2, 0.25) is 0 Å². The molecule has 0 fully saturated rings. The largest absolute Gasteiger partial charge is 0.494 e. The first kappa shape index (κ1) is 12.6. The van der Waals surface area contributed by atoms with Crippen molar-refractivity contribution in [1.29, 1.82) is 0 Å². The lowest BCUT2D eigenvalue weighted by Gasteiger charge is -2.06. The summed E-state index contributed by atoms with van der Waals surface area (Å²) in [5.41, 5.74) is 2.13. The number of aliphatic hydroxyl groups is 1. The van der Waals surface area contributed by atoms with Gasteiger partial charge < -0.3 is 9.84 Å². The summed E-state index contributed by atoms with van der Waals surface area (Å²) >= 11 is 0. The van der Waals surface area contributed by atoms with Crippen LogP contribution in [0, 0.1) is 0 Å². The fraction of sp³-hybridized carbons (Fsp3) is 0.267. The maximum Gasteiger partial charge on any atom is 0.119 e. The molecule has 2 rings (SSSR count). The summed E-state index contributed by atoms with van der Waals surface area (Å²) in [7, 11) is 0. The van der Waals surface area contributed by atoms with Crippen LogP contribution in [0.15, 0.2) is 48.8 Å². The van der Waals surface area contributed by atoms with Crippen molar-refractivity contribution in [1.82, 2.24) is 4.98 Å². The van der Waals surface area contributed by atoms with Gasteiger partial charge in [-0.15, -0.1) is 0 Å². The van der Waals surface area contributed by atoms with E-state index in [0.717, 1.165) is 24.2 Å². The topological polar surface area (TPSA) is 42.4 Å². The van der Waals surface area contributed by atoms with Gasteiger partial charge in [0.05, 0.1) is 13.2 Å². The SMILES string of the molecule is OCc1ccc(OCCCc2cccnc2)cc1. The second-order valence-electron chi connectivity index (χ2n) is 4.12. The highest BCUT2D eigenvalue weighted by atomic mass is 16.5. The minimum Gasteiger partial charge on any atom is -0.494 e. The summed E-state index contributed by atoms with van der Waals surface area (Å²) in [6.45, 7) is 0.759. The Bertz CT molecular complexity index is 454. The number of ether oxygens (including phenoxy) is 1.